The van der Waals surface area contributed by atoms with Gasteiger partial charge in [0.1, 0.15) is 18.1 Å². The molecule has 1 amide bonds. The van der Waals surface area contributed by atoms with Crippen LogP contribution in [0.5, 0.6) is 5.75 Å². The first-order valence-corrected chi connectivity index (χ1v) is 11.9. The number of carbonyl (C=O) groups excluding carboxylic acids is 1. The van der Waals surface area contributed by atoms with Gasteiger partial charge >= 0.3 is 0 Å². The first kappa shape index (κ1) is 24.4. The first-order chi connectivity index (χ1) is 17.0. The van der Waals surface area contributed by atoms with E-state index in [-0.39, 0.29) is 6.61 Å². The number of aliphatic hydroxyl groups is 1. The average Bonchev–Trinajstić information content (AvgIpc) is 2.90. The highest BCUT2D eigenvalue weighted by Crippen LogP contribution is 2.30. The molecule has 4 aromatic carbocycles. The Morgan fingerprint density at radius 2 is 1.40 bits per heavy atom. The largest absolute Gasteiger partial charge is 0.487 e. The van der Waals surface area contributed by atoms with Crippen molar-refractivity contribution in [3.63, 3.8) is 0 Å². The lowest BCUT2D eigenvalue weighted by Crippen LogP contribution is -2.44. The van der Waals surface area contributed by atoms with Gasteiger partial charge in [-0.2, -0.15) is 5.10 Å². The average molecular weight is 529 g/mol. The van der Waals surface area contributed by atoms with E-state index in [4.69, 9.17) is 4.74 Å². The molecule has 0 heterocycles. The van der Waals surface area contributed by atoms with Gasteiger partial charge in [0.05, 0.1) is 0 Å². The molecule has 0 aromatic heterocycles. The van der Waals surface area contributed by atoms with Crippen LogP contribution in [-0.4, -0.2) is 23.3 Å². The quantitative estimate of drug-likeness (QED) is 0.231. The molecule has 0 saturated carbocycles. The van der Waals surface area contributed by atoms with Gasteiger partial charge in [0.25, 0.3) is 5.91 Å². The van der Waals surface area contributed by atoms with Gasteiger partial charge in [-0.3, -0.25) is 4.79 Å². The highest BCUT2D eigenvalue weighted by molar-refractivity contribution is 9.10. The molecule has 0 bridgehead atoms. The number of amides is 1. The highest BCUT2D eigenvalue weighted by Gasteiger charge is 2.40. The minimum absolute atomic E-state index is 0.125. The Labute approximate surface area is 213 Å². The topological polar surface area (TPSA) is 70.9 Å². The van der Waals surface area contributed by atoms with Gasteiger partial charge in [0.2, 0.25) is 0 Å². The minimum Gasteiger partial charge on any atom is -0.487 e. The monoisotopic (exact) mass is 528 g/mol. The summed E-state index contributed by atoms with van der Waals surface area (Å²) in [6, 6.07) is 32.9. The SMILES string of the molecule is Cc1ccc(OC/C(=N/NC(=O)C(O)(c2ccccc2)c2ccccc2)c2ccc(Br)cc2)cc1. The minimum atomic E-state index is -1.92. The fourth-order valence-corrected chi connectivity index (χ4v) is 3.86. The van der Waals surface area contributed by atoms with Gasteiger partial charge in [0.15, 0.2) is 5.60 Å². The van der Waals surface area contributed by atoms with Gasteiger partial charge in [-0.25, -0.2) is 5.43 Å². The molecule has 0 aliphatic heterocycles. The van der Waals surface area contributed by atoms with E-state index in [1.165, 1.54) is 0 Å². The molecule has 4 aromatic rings. The number of rotatable bonds is 8. The van der Waals surface area contributed by atoms with Gasteiger partial charge in [-0.15, -0.1) is 0 Å². The third-order valence-corrected chi connectivity index (χ3v) is 6.11. The number of nitrogens with one attached hydrogen (secondary N) is 1. The fraction of sp³-hybridized carbons (Fsp3) is 0.103. The molecule has 0 radical (unpaired) electrons. The Kier molecular flexibility index (Phi) is 7.75. The maximum Gasteiger partial charge on any atom is 0.281 e. The molecule has 0 unspecified atom stereocenters. The van der Waals surface area contributed by atoms with E-state index in [1.807, 2.05) is 67.6 Å². The molecule has 0 fully saturated rings. The van der Waals surface area contributed by atoms with Crippen molar-refractivity contribution in [2.45, 2.75) is 12.5 Å². The molecule has 6 heteroatoms. The number of hydrazone groups is 1. The van der Waals surface area contributed by atoms with E-state index in [0.29, 0.717) is 22.6 Å². The first-order valence-electron chi connectivity index (χ1n) is 11.1. The summed E-state index contributed by atoms with van der Waals surface area (Å²) in [5.41, 5.74) is 3.98. The third-order valence-electron chi connectivity index (χ3n) is 5.58. The van der Waals surface area contributed by atoms with Gasteiger partial charge in [0, 0.05) is 10.0 Å². The van der Waals surface area contributed by atoms with Crippen molar-refractivity contribution >= 4 is 27.5 Å². The van der Waals surface area contributed by atoms with E-state index in [9.17, 15) is 9.90 Å². The van der Waals surface area contributed by atoms with Crippen LogP contribution in [0.4, 0.5) is 0 Å². The summed E-state index contributed by atoms with van der Waals surface area (Å²) in [5.74, 6) is 0.0247. The number of benzene rings is 4. The zero-order valence-electron chi connectivity index (χ0n) is 19.2. The van der Waals surface area contributed by atoms with Crippen molar-refractivity contribution in [2.75, 3.05) is 6.61 Å². The molecule has 176 valence electrons. The van der Waals surface area contributed by atoms with Crippen molar-refractivity contribution in [1.29, 1.82) is 0 Å². The van der Waals surface area contributed by atoms with Crippen LogP contribution in [0.25, 0.3) is 0 Å². The summed E-state index contributed by atoms with van der Waals surface area (Å²) in [4.78, 5) is 13.5. The maximum absolute atomic E-state index is 13.5. The lowest BCUT2D eigenvalue weighted by molar-refractivity contribution is -0.136. The molecule has 5 nitrogen and oxygen atoms in total. The zero-order valence-corrected chi connectivity index (χ0v) is 20.8. The number of ether oxygens (including phenoxy) is 1. The van der Waals surface area contributed by atoms with Crippen LogP contribution in [0.15, 0.2) is 119 Å². The van der Waals surface area contributed by atoms with E-state index in [0.717, 1.165) is 15.6 Å². The number of halogens is 1. The van der Waals surface area contributed by atoms with Crippen LogP contribution in [0, 0.1) is 6.92 Å². The van der Waals surface area contributed by atoms with E-state index in [2.05, 4.69) is 26.5 Å². The molecule has 0 saturated heterocycles. The van der Waals surface area contributed by atoms with Crippen LogP contribution in [-0.2, 0) is 10.4 Å². The van der Waals surface area contributed by atoms with Crippen LogP contribution < -0.4 is 10.2 Å². The van der Waals surface area contributed by atoms with Crippen LogP contribution in [0.1, 0.15) is 22.3 Å². The predicted octanol–water partition coefficient (Wildman–Crippen LogP) is 5.59. The normalized spacial score (nSPS) is 11.7. The second-order valence-corrected chi connectivity index (χ2v) is 8.97. The van der Waals surface area contributed by atoms with Gasteiger partial charge in [-0.1, -0.05) is 106 Å². The van der Waals surface area contributed by atoms with Crippen molar-refractivity contribution < 1.29 is 14.6 Å². The van der Waals surface area contributed by atoms with Crippen molar-refractivity contribution in [1.82, 2.24) is 5.43 Å². The standard InChI is InChI=1S/C29H25BrN2O3/c1-21-12-18-26(19-13-21)35-20-27(22-14-16-25(30)17-15-22)31-32-28(33)29(34,23-8-4-2-5-9-23)24-10-6-3-7-11-24/h2-19,34H,20H2,1H3,(H,32,33)/b31-27-. The fourth-order valence-electron chi connectivity index (χ4n) is 3.60. The highest BCUT2D eigenvalue weighted by atomic mass is 79.9. The third kappa shape index (κ3) is 5.85. The van der Waals surface area contributed by atoms with Crippen LogP contribution in [0.3, 0.4) is 0 Å². The molecule has 2 N–H and O–H groups in total. The Morgan fingerprint density at radius 1 is 0.857 bits per heavy atom. The van der Waals surface area contributed by atoms with Crippen molar-refractivity contribution in [3.8, 4) is 5.75 Å². The van der Waals surface area contributed by atoms with Crippen LogP contribution >= 0.6 is 15.9 Å². The molecule has 35 heavy (non-hydrogen) atoms. The second-order valence-electron chi connectivity index (χ2n) is 8.05. The van der Waals surface area contributed by atoms with E-state index < -0.39 is 11.5 Å². The smallest absolute Gasteiger partial charge is 0.281 e. The van der Waals surface area contributed by atoms with E-state index in [1.54, 1.807) is 48.5 Å². The second kappa shape index (κ2) is 11.1. The number of carbonyl (C=O) groups is 1. The summed E-state index contributed by atoms with van der Waals surface area (Å²) in [5, 5.41) is 16.0. The van der Waals surface area contributed by atoms with Crippen molar-refractivity contribution in [2.24, 2.45) is 5.10 Å². The zero-order chi connectivity index (χ0) is 24.7. The lowest BCUT2D eigenvalue weighted by atomic mass is 9.85. The lowest BCUT2D eigenvalue weighted by Gasteiger charge is -2.27. The maximum atomic E-state index is 13.5. The Morgan fingerprint density at radius 3 is 1.94 bits per heavy atom. The Bertz CT molecular complexity index is 1250. The molecular weight excluding hydrogens is 504 g/mol. The van der Waals surface area contributed by atoms with Gasteiger partial charge < -0.3 is 9.84 Å². The summed E-state index contributed by atoms with van der Waals surface area (Å²) in [6.45, 7) is 2.13. The van der Waals surface area contributed by atoms with Crippen LogP contribution in [0.2, 0.25) is 0 Å². The van der Waals surface area contributed by atoms with Crippen molar-refractivity contribution in [3.05, 3.63) is 136 Å². The number of hydrogen-bond acceptors (Lipinski definition) is 4. The number of aryl methyl sites for hydroxylation is 1. The predicted molar refractivity (Wildman–Crippen MR) is 141 cm³/mol. The summed E-state index contributed by atoms with van der Waals surface area (Å²) in [6.07, 6.45) is 0. The number of hydrogen-bond donors (Lipinski definition) is 2. The molecule has 0 aliphatic rings. The summed E-state index contributed by atoms with van der Waals surface area (Å²) < 4.78 is 6.86. The Hall–Kier alpha value is -3.74. The van der Waals surface area contributed by atoms with E-state index >= 15 is 0 Å². The Balaban J connectivity index is 1.64. The molecule has 4 rings (SSSR count). The molecule has 0 aliphatic carbocycles. The number of nitrogens with zero attached hydrogens (tertiary/aromatic N) is 1. The molecule has 0 atom stereocenters. The molecule has 0 spiro atoms. The summed E-state index contributed by atoms with van der Waals surface area (Å²) >= 11 is 3.44. The molecular formula is C29H25BrN2O3. The van der Waals surface area contributed by atoms with Gasteiger partial charge in [-0.05, 0) is 42.3 Å². The summed E-state index contributed by atoms with van der Waals surface area (Å²) in [7, 11) is 0.